The Hall–Kier alpha value is -2.34. The summed E-state index contributed by atoms with van der Waals surface area (Å²) in [5.41, 5.74) is 2.86. The number of ether oxygens (including phenoxy) is 1. The number of benzene rings is 1. The first-order chi connectivity index (χ1) is 13.0. The molecule has 0 aliphatic carbocycles. The van der Waals surface area contributed by atoms with Crippen molar-refractivity contribution >= 4 is 11.7 Å². The Labute approximate surface area is 161 Å². The number of likely N-dealkylation sites (tertiary alicyclic amines) is 1. The van der Waals surface area contributed by atoms with E-state index in [4.69, 9.17) is 4.74 Å². The minimum atomic E-state index is -0.0676. The standard InChI is InChI=1S/C21H30N4O2/c1-15(14-25-12-6-5-7-13-25)21(26)22-20-19(16(2)23-24(20)3)17-8-10-18(27-4)11-9-17/h8-11,15H,5-7,12-14H2,1-4H3,(H,22,26). The molecule has 1 saturated heterocycles. The molecule has 2 aromatic rings. The van der Waals surface area contributed by atoms with Gasteiger partial charge in [0.25, 0.3) is 0 Å². The van der Waals surface area contributed by atoms with Gasteiger partial charge in [0.1, 0.15) is 11.6 Å². The van der Waals surface area contributed by atoms with E-state index in [0.29, 0.717) is 0 Å². The zero-order chi connectivity index (χ0) is 19.4. The van der Waals surface area contributed by atoms with Crippen molar-refractivity contribution in [2.45, 2.75) is 33.1 Å². The van der Waals surface area contributed by atoms with E-state index in [9.17, 15) is 4.79 Å². The van der Waals surface area contributed by atoms with Crippen molar-refractivity contribution in [2.24, 2.45) is 13.0 Å². The zero-order valence-corrected chi connectivity index (χ0v) is 16.8. The first-order valence-electron chi connectivity index (χ1n) is 9.71. The van der Waals surface area contributed by atoms with E-state index in [2.05, 4.69) is 15.3 Å². The van der Waals surface area contributed by atoms with E-state index in [1.54, 1.807) is 11.8 Å². The third kappa shape index (κ3) is 4.50. The van der Waals surface area contributed by atoms with Gasteiger partial charge in [-0.05, 0) is 50.6 Å². The van der Waals surface area contributed by atoms with Gasteiger partial charge in [-0.25, -0.2) is 0 Å². The molecule has 1 aliphatic heterocycles. The summed E-state index contributed by atoms with van der Waals surface area (Å²) < 4.78 is 6.99. The maximum Gasteiger partial charge on any atom is 0.229 e. The van der Waals surface area contributed by atoms with Gasteiger partial charge in [-0.2, -0.15) is 5.10 Å². The second-order valence-corrected chi connectivity index (χ2v) is 7.41. The number of aromatic nitrogens is 2. The van der Waals surface area contributed by atoms with Crippen LogP contribution in [0.1, 0.15) is 31.9 Å². The van der Waals surface area contributed by atoms with Gasteiger partial charge in [0.05, 0.1) is 12.8 Å². The van der Waals surface area contributed by atoms with Crippen molar-refractivity contribution < 1.29 is 9.53 Å². The number of anilines is 1. The van der Waals surface area contributed by atoms with Crippen LogP contribution < -0.4 is 10.1 Å². The Bertz CT molecular complexity index is 776. The van der Waals surface area contributed by atoms with Gasteiger partial charge < -0.3 is 15.0 Å². The molecule has 1 atom stereocenters. The molecule has 0 saturated carbocycles. The molecule has 6 nitrogen and oxygen atoms in total. The number of aryl methyl sites for hydroxylation is 2. The first kappa shape index (κ1) is 19.4. The van der Waals surface area contributed by atoms with Crippen molar-refractivity contribution in [1.29, 1.82) is 0 Å². The summed E-state index contributed by atoms with van der Waals surface area (Å²) in [6, 6.07) is 7.84. The Morgan fingerprint density at radius 1 is 1.22 bits per heavy atom. The van der Waals surface area contributed by atoms with Crippen molar-refractivity contribution in [3.8, 4) is 16.9 Å². The predicted molar refractivity (Wildman–Crippen MR) is 108 cm³/mol. The number of piperidine rings is 1. The molecule has 1 N–H and O–H groups in total. The lowest BCUT2D eigenvalue weighted by atomic mass is 10.0. The highest BCUT2D eigenvalue weighted by Gasteiger charge is 2.22. The summed E-state index contributed by atoms with van der Waals surface area (Å²) in [5, 5.41) is 7.64. The fourth-order valence-corrected chi connectivity index (χ4v) is 3.76. The van der Waals surface area contributed by atoms with Gasteiger partial charge in [-0.3, -0.25) is 9.48 Å². The van der Waals surface area contributed by atoms with Crippen molar-refractivity contribution in [3.05, 3.63) is 30.0 Å². The van der Waals surface area contributed by atoms with Gasteiger partial charge in [-0.15, -0.1) is 0 Å². The highest BCUT2D eigenvalue weighted by Crippen LogP contribution is 2.32. The van der Waals surface area contributed by atoms with Gasteiger partial charge >= 0.3 is 0 Å². The third-order valence-corrected chi connectivity index (χ3v) is 5.27. The van der Waals surface area contributed by atoms with Crippen LogP contribution in [0.5, 0.6) is 5.75 Å². The largest absolute Gasteiger partial charge is 0.497 e. The lowest BCUT2D eigenvalue weighted by molar-refractivity contribution is -0.120. The summed E-state index contributed by atoms with van der Waals surface area (Å²) in [5.74, 6) is 1.52. The lowest BCUT2D eigenvalue weighted by Crippen LogP contribution is -2.37. The minimum Gasteiger partial charge on any atom is -0.497 e. The van der Waals surface area contributed by atoms with Crippen LogP contribution in [-0.2, 0) is 11.8 Å². The first-order valence-corrected chi connectivity index (χ1v) is 9.71. The number of methoxy groups -OCH3 is 1. The maximum atomic E-state index is 12.8. The Kier molecular flexibility index (Phi) is 6.16. The summed E-state index contributed by atoms with van der Waals surface area (Å²) in [7, 11) is 3.52. The van der Waals surface area contributed by atoms with E-state index in [0.717, 1.165) is 48.0 Å². The molecule has 1 aliphatic rings. The monoisotopic (exact) mass is 370 g/mol. The second-order valence-electron chi connectivity index (χ2n) is 7.41. The van der Waals surface area contributed by atoms with Gasteiger partial charge in [0.15, 0.2) is 0 Å². The highest BCUT2D eigenvalue weighted by molar-refractivity contribution is 5.96. The van der Waals surface area contributed by atoms with Crippen LogP contribution in [0.2, 0.25) is 0 Å². The number of hydrogen-bond donors (Lipinski definition) is 1. The Morgan fingerprint density at radius 2 is 1.89 bits per heavy atom. The van der Waals surface area contributed by atoms with E-state index < -0.39 is 0 Å². The molecule has 1 aromatic heterocycles. The molecular formula is C21H30N4O2. The normalized spacial score (nSPS) is 16.1. The van der Waals surface area contributed by atoms with Crippen LogP contribution in [0.4, 0.5) is 5.82 Å². The van der Waals surface area contributed by atoms with E-state index in [1.165, 1.54) is 19.3 Å². The van der Waals surface area contributed by atoms with Crippen molar-refractivity contribution in [2.75, 3.05) is 32.1 Å². The van der Waals surface area contributed by atoms with Crippen molar-refractivity contribution in [3.63, 3.8) is 0 Å². The molecule has 27 heavy (non-hydrogen) atoms. The van der Waals surface area contributed by atoms with Crippen molar-refractivity contribution in [1.82, 2.24) is 14.7 Å². The summed E-state index contributed by atoms with van der Waals surface area (Å²) >= 11 is 0. The molecule has 1 aromatic carbocycles. The van der Waals surface area contributed by atoms with Crippen LogP contribution in [0.25, 0.3) is 11.1 Å². The molecule has 2 heterocycles. The molecule has 6 heteroatoms. The van der Waals surface area contributed by atoms with Gasteiger partial charge in [0.2, 0.25) is 5.91 Å². The van der Waals surface area contributed by atoms with Crippen LogP contribution in [0.15, 0.2) is 24.3 Å². The second kappa shape index (κ2) is 8.57. The third-order valence-electron chi connectivity index (χ3n) is 5.27. The number of rotatable bonds is 6. The molecule has 1 fully saturated rings. The average Bonchev–Trinajstić information content (AvgIpc) is 2.95. The molecule has 0 bridgehead atoms. The smallest absolute Gasteiger partial charge is 0.229 e. The molecule has 0 spiro atoms. The van der Waals surface area contributed by atoms with E-state index in [1.807, 2.05) is 45.2 Å². The summed E-state index contributed by atoms with van der Waals surface area (Å²) in [6.45, 7) is 6.96. The molecule has 1 unspecified atom stereocenters. The molecule has 146 valence electrons. The molecular weight excluding hydrogens is 340 g/mol. The molecule has 1 amide bonds. The Morgan fingerprint density at radius 3 is 2.52 bits per heavy atom. The summed E-state index contributed by atoms with van der Waals surface area (Å²) in [6.07, 6.45) is 3.77. The SMILES string of the molecule is COc1ccc(-c2c(C)nn(C)c2NC(=O)C(C)CN2CCCCC2)cc1. The maximum absolute atomic E-state index is 12.8. The fraction of sp³-hybridized carbons (Fsp3) is 0.524. The van der Waals surface area contributed by atoms with E-state index >= 15 is 0 Å². The average molecular weight is 370 g/mol. The highest BCUT2D eigenvalue weighted by atomic mass is 16.5. The zero-order valence-electron chi connectivity index (χ0n) is 16.8. The van der Waals surface area contributed by atoms with Crippen LogP contribution in [-0.4, -0.2) is 47.3 Å². The number of nitrogens with zero attached hydrogens (tertiary/aromatic N) is 3. The number of carbonyl (C=O) groups excluding carboxylic acids is 1. The number of amides is 1. The van der Waals surface area contributed by atoms with Gasteiger partial charge in [0, 0.05) is 25.1 Å². The fourth-order valence-electron chi connectivity index (χ4n) is 3.76. The van der Waals surface area contributed by atoms with Crippen LogP contribution in [0.3, 0.4) is 0 Å². The topological polar surface area (TPSA) is 59.4 Å². The molecule has 0 radical (unpaired) electrons. The summed E-state index contributed by atoms with van der Waals surface area (Å²) in [4.78, 5) is 15.2. The number of nitrogens with one attached hydrogen (secondary N) is 1. The molecule has 3 rings (SSSR count). The number of carbonyl (C=O) groups is 1. The van der Waals surface area contributed by atoms with E-state index in [-0.39, 0.29) is 11.8 Å². The lowest BCUT2D eigenvalue weighted by Gasteiger charge is -2.28. The Balaban J connectivity index is 1.76. The quantitative estimate of drug-likeness (QED) is 0.846. The minimum absolute atomic E-state index is 0.0401. The predicted octanol–water partition coefficient (Wildman–Crippen LogP) is 3.46. The van der Waals surface area contributed by atoms with Crippen LogP contribution >= 0.6 is 0 Å². The number of hydrogen-bond acceptors (Lipinski definition) is 4. The van der Waals surface area contributed by atoms with Crippen LogP contribution in [0, 0.1) is 12.8 Å². The van der Waals surface area contributed by atoms with Gasteiger partial charge in [-0.1, -0.05) is 25.5 Å².